The number of halogens is 1. The molecule has 0 aliphatic heterocycles. The smallest absolute Gasteiger partial charge is 0.263 e. The van der Waals surface area contributed by atoms with Gasteiger partial charge >= 0.3 is 0 Å². The van der Waals surface area contributed by atoms with Crippen molar-refractivity contribution in [2.75, 3.05) is 18.4 Å². The first-order valence-electron chi connectivity index (χ1n) is 8.48. The summed E-state index contributed by atoms with van der Waals surface area (Å²) in [5.41, 5.74) is 0.506. The standard InChI is InChI=1S/C19H23ClN2O4S/c1-13(2)10-11-21-19(23)14-8-9-15(20)18(12-14)27(24,25)22-16-6-4-5-7-17(16)26-3/h4-9,12-13,22H,10-11H2,1-3H3,(H,21,23). The molecule has 0 aliphatic carbocycles. The van der Waals surface area contributed by atoms with Crippen LogP contribution in [0.3, 0.4) is 0 Å². The van der Waals surface area contributed by atoms with Gasteiger partial charge < -0.3 is 10.1 Å². The maximum absolute atomic E-state index is 12.8. The lowest BCUT2D eigenvalue weighted by molar-refractivity contribution is 0.0952. The third-order valence-electron chi connectivity index (χ3n) is 3.84. The van der Waals surface area contributed by atoms with Gasteiger partial charge in [-0.2, -0.15) is 0 Å². The number of hydrogen-bond acceptors (Lipinski definition) is 4. The lowest BCUT2D eigenvalue weighted by Gasteiger charge is -2.13. The summed E-state index contributed by atoms with van der Waals surface area (Å²) < 4.78 is 33.2. The fourth-order valence-corrected chi connectivity index (χ4v) is 3.95. The van der Waals surface area contributed by atoms with Gasteiger partial charge in [-0.25, -0.2) is 8.42 Å². The molecule has 2 N–H and O–H groups in total. The maximum atomic E-state index is 12.8. The normalized spacial score (nSPS) is 11.3. The van der Waals surface area contributed by atoms with E-state index in [-0.39, 0.29) is 27.1 Å². The Kier molecular flexibility index (Phi) is 7.10. The molecule has 0 aromatic heterocycles. The first-order valence-corrected chi connectivity index (χ1v) is 10.3. The van der Waals surface area contributed by atoms with Crippen LogP contribution in [-0.4, -0.2) is 28.0 Å². The number of anilines is 1. The molecular weight excluding hydrogens is 388 g/mol. The molecule has 0 spiro atoms. The molecule has 27 heavy (non-hydrogen) atoms. The molecule has 0 saturated carbocycles. The van der Waals surface area contributed by atoms with Gasteiger partial charge in [0.15, 0.2) is 0 Å². The molecular formula is C19H23ClN2O4S. The van der Waals surface area contributed by atoms with Crippen molar-refractivity contribution in [3.8, 4) is 5.75 Å². The van der Waals surface area contributed by atoms with Crippen LogP contribution in [0.5, 0.6) is 5.75 Å². The van der Waals surface area contributed by atoms with E-state index in [9.17, 15) is 13.2 Å². The topological polar surface area (TPSA) is 84.5 Å². The number of para-hydroxylation sites is 2. The van der Waals surface area contributed by atoms with Crippen LogP contribution in [0.2, 0.25) is 5.02 Å². The largest absolute Gasteiger partial charge is 0.495 e. The molecule has 2 aromatic carbocycles. The fourth-order valence-electron chi connectivity index (χ4n) is 2.36. The van der Waals surface area contributed by atoms with E-state index in [4.69, 9.17) is 16.3 Å². The summed E-state index contributed by atoms with van der Waals surface area (Å²) in [4.78, 5) is 12.1. The highest BCUT2D eigenvalue weighted by atomic mass is 35.5. The van der Waals surface area contributed by atoms with Crippen LogP contribution >= 0.6 is 11.6 Å². The summed E-state index contributed by atoms with van der Waals surface area (Å²) in [6, 6.07) is 10.8. The Morgan fingerprint density at radius 1 is 1.19 bits per heavy atom. The number of carbonyl (C=O) groups is 1. The van der Waals surface area contributed by atoms with E-state index in [1.807, 2.05) is 0 Å². The van der Waals surface area contributed by atoms with E-state index in [0.29, 0.717) is 18.2 Å². The second-order valence-electron chi connectivity index (χ2n) is 6.39. The molecule has 1 amide bonds. The van der Waals surface area contributed by atoms with E-state index in [0.717, 1.165) is 6.42 Å². The van der Waals surface area contributed by atoms with Crippen LogP contribution in [0, 0.1) is 5.92 Å². The second kappa shape index (κ2) is 9.10. The van der Waals surface area contributed by atoms with Crippen LogP contribution in [0.4, 0.5) is 5.69 Å². The molecule has 0 bridgehead atoms. The predicted molar refractivity (Wildman–Crippen MR) is 107 cm³/mol. The van der Waals surface area contributed by atoms with Gasteiger partial charge in [0, 0.05) is 12.1 Å². The van der Waals surface area contributed by atoms with Crippen LogP contribution in [0.1, 0.15) is 30.6 Å². The summed E-state index contributed by atoms with van der Waals surface area (Å²) >= 11 is 6.09. The van der Waals surface area contributed by atoms with Crippen LogP contribution < -0.4 is 14.8 Å². The van der Waals surface area contributed by atoms with Gasteiger partial charge in [-0.15, -0.1) is 0 Å². The van der Waals surface area contributed by atoms with Crippen molar-refractivity contribution < 1.29 is 17.9 Å². The van der Waals surface area contributed by atoms with E-state index >= 15 is 0 Å². The van der Waals surface area contributed by atoms with E-state index < -0.39 is 10.0 Å². The Balaban J connectivity index is 2.27. The molecule has 6 nitrogen and oxygen atoms in total. The molecule has 2 aromatic rings. The van der Waals surface area contributed by atoms with Crippen molar-refractivity contribution in [2.24, 2.45) is 5.92 Å². The van der Waals surface area contributed by atoms with Crippen LogP contribution in [-0.2, 0) is 10.0 Å². The summed E-state index contributed by atoms with van der Waals surface area (Å²) in [5.74, 6) is 0.484. The van der Waals surface area contributed by atoms with Crippen LogP contribution in [0.15, 0.2) is 47.4 Å². The SMILES string of the molecule is COc1ccccc1NS(=O)(=O)c1cc(C(=O)NCCC(C)C)ccc1Cl. The quantitative estimate of drug-likeness (QED) is 0.690. The Morgan fingerprint density at radius 3 is 2.56 bits per heavy atom. The fraction of sp³-hybridized carbons (Fsp3) is 0.316. The zero-order valence-corrected chi connectivity index (χ0v) is 17.0. The molecule has 0 aliphatic rings. The number of hydrogen-bond donors (Lipinski definition) is 2. The van der Waals surface area contributed by atoms with Gasteiger partial charge in [-0.3, -0.25) is 9.52 Å². The first-order chi connectivity index (χ1) is 12.7. The first kappa shape index (κ1) is 21.1. The Morgan fingerprint density at radius 2 is 1.89 bits per heavy atom. The number of methoxy groups -OCH3 is 1. The monoisotopic (exact) mass is 410 g/mol. The number of nitrogens with one attached hydrogen (secondary N) is 2. The van der Waals surface area contributed by atoms with Crippen LogP contribution in [0.25, 0.3) is 0 Å². The molecule has 0 radical (unpaired) electrons. The van der Waals surface area contributed by atoms with Gasteiger partial charge in [0.1, 0.15) is 10.6 Å². The highest BCUT2D eigenvalue weighted by Gasteiger charge is 2.21. The summed E-state index contributed by atoms with van der Waals surface area (Å²) in [5, 5.41) is 2.80. The minimum Gasteiger partial charge on any atom is -0.495 e. The van der Waals surface area contributed by atoms with E-state index in [2.05, 4.69) is 23.9 Å². The molecule has 0 atom stereocenters. The van der Waals surface area contributed by atoms with Crippen molar-refractivity contribution in [2.45, 2.75) is 25.2 Å². The molecule has 2 rings (SSSR count). The minimum atomic E-state index is -4.01. The van der Waals surface area contributed by atoms with E-state index in [1.165, 1.54) is 25.3 Å². The van der Waals surface area contributed by atoms with Gasteiger partial charge in [0.2, 0.25) is 0 Å². The number of rotatable bonds is 8. The van der Waals surface area contributed by atoms with Crippen molar-refractivity contribution in [3.63, 3.8) is 0 Å². The Bertz CT molecular complexity index is 914. The predicted octanol–water partition coefficient (Wildman–Crippen LogP) is 3.93. The van der Waals surface area contributed by atoms with Gasteiger partial charge in [-0.1, -0.05) is 37.6 Å². The Hall–Kier alpha value is -2.25. The van der Waals surface area contributed by atoms with Gasteiger partial charge in [-0.05, 0) is 42.7 Å². The van der Waals surface area contributed by atoms with Gasteiger partial charge in [0.25, 0.3) is 15.9 Å². The molecule has 146 valence electrons. The lowest BCUT2D eigenvalue weighted by atomic mass is 10.1. The highest BCUT2D eigenvalue weighted by Crippen LogP contribution is 2.29. The van der Waals surface area contributed by atoms with E-state index in [1.54, 1.807) is 24.3 Å². The molecule has 0 unspecified atom stereocenters. The molecule has 0 heterocycles. The lowest BCUT2D eigenvalue weighted by Crippen LogP contribution is -2.25. The van der Waals surface area contributed by atoms with Gasteiger partial charge in [0.05, 0.1) is 17.8 Å². The number of sulfonamides is 1. The number of benzene rings is 2. The molecule has 0 fully saturated rings. The highest BCUT2D eigenvalue weighted by molar-refractivity contribution is 7.92. The average Bonchev–Trinajstić information content (AvgIpc) is 2.61. The van der Waals surface area contributed by atoms with Crippen molar-refractivity contribution in [3.05, 3.63) is 53.1 Å². The van der Waals surface area contributed by atoms with Crippen molar-refractivity contribution in [1.82, 2.24) is 5.32 Å². The third kappa shape index (κ3) is 5.61. The van der Waals surface area contributed by atoms with Crippen molar-refractivity contribution >= 4 is 33.2 Å². The molecule has 0 saturated heterocycles. The number of ether oxygens (including phenoxy) is 1. The Labute approximate surface area is 164 Å². The maximum Gasteiger partial charge on any atom is 0.263 e. The zero-order chi connectivity index (χ0) is 20.0. The van der Waals surface area contributed by atoms with Crippen molar-refractivity contribution in [1.29, 1.82) is 0 Å². The number of carbonyl (C=O) groups excluding carboxylic acids is 1. The summed E-state index contributed by atoms with van der Waals surface area (Å²) in [7, 11) is -2.56. The number of amides is 1. The molecule has 8 heteroatoms. The minimum absolute atomic E-state index is 0.0242. The summed E-state index contributed by atoms with van der Waals surface area (Å²) in [6.45, 7) is 4.63. The summed E-state index contributed by atoms with van der Waals surface area (Å²) in [6.07, 6.45) is 0.833. The second-order valence-corrected chi connectivity index (χ2v) is 8.45. The third-order valence-corrected chi connectivity index (χ3v) is 5.69. The average molecular weight is 411 g/mol. The zero-order valence-electron chi connectivity index (χ0n) is 15.5.